The zero-order valence-electron chi connectivity index (χ0n) is 20.9. The van der Waals surface area contributed by atoms with Gasteiger partial charge in [-0.3, -0.25) is 4.57 Å². The van der Waals surface area contributed by atoms with E-state index in [4.69, 9.17) is 4.98 Å². The van der Waals surface area contributed by atoms with E-state index in [9.17, 15) is 8.42 Å². The molecule has 0 unspecified atom stereocenters. The van der Waals surface area contributed by atoms with Gasteiger partial charge in [0.1, 0.15) is 5.65 Å². The van der Waals surface area contributed by atoms with Gasteiger partial charge >= 0.3 is 0 Å². The molecule has 190 valence electrons. The van der Waals surface area contributed by atoms with Crippen molar-refractivity contribution in [3.63, 3.8) is 0 Å². The van der Waals surface area contributed by atoms with Crippen LogP contribution in [0.5, 0.6) is 0 Å². The van der Waals surface area contributed by atoms with Crippen molar-refractivity contribution in [1.82, 2.24) is 28.5 Å². The summed E-state index contributed by atoms with van der Waals surface area (Å²) in [4.78, 5) is 5.02. The number of aryl methyl sites for hydroxylation is 1. The van der Waals surface area contributed by atoms with Crippen molar-refractivity contribution in [3.05, 3.63) is 90.4 Å². The number of aromatic nitrogens is 5. The van der Waals surface area contributed by atoms with Crippen molar-refractivity contribution in [2.45, 2.75) is 36.6 Å². The second-order valence-electron chi connectivity index (χ2n) is 8.54. The average Bonchev–Trinajstić information content (AvgIpc) is 3.53. The van der Waals surface area contributed by atoms with Crippen molar-refractivity contribution in [3.8, 4) is 17.1 Å². The van der Waals surface area contributed by atoms with Crippen LogP contribution in [0.3, 0.4) is 0 Å². The molecule has 0 bridgehead atoms. The van der Waals surface area contributed by atoms with Gasteiger partial charge in [0.2, 0.25) is 10.0 Å². The predicted molar refractivity (Wildman–Crippen MR) is 146 cm³/mol. The SMILES string of the molecule is CCN(CC)S(=O)(=O)c1cccc(-c2nnc(SCc3cn4cccc(C)c4n3)n2-c2ccccc2)c1. The van der Waals surface area contributed by atoms with Gasteiger partial charge in [-0.2, -0.15) is 4.31 Å². The van der Waals surface area contributed by atoms with E-state index in [1.165, 1.54) is 4.31 Å². The van der Waals surface area contributed by atoms with Gasteiger partial charge in [0.25, 0.3) is 0 Å². The highest BCUT2D eigenvalue weighted by Gasteiger charge is 2.23. The Labute approximate surface area is 221 Å². The predicted octanol–water partition coefficient (Wildman–Crippen LogP) is 5.21. The highest BCUT2D eigenvalue weighted by molar-refractivity contribution is 7.98. The molecule has 5 rings (SSSR count). The first kappa shape index (κ1) is 25.2. The fourth-order valence-electron chi connectivity index (χ4n) is 4.28. The number of fused-ring (bicyclic) bond motifs is 1. The highest BCUT2D eigenvalue weighted by atomic mass is 32.2. The molecule has 2 aromatic carbocycles. The van der Waals surface area contributed by atoms with Crippen LogP contribution in [-0.4, -0.2) is 50.0 Å². The molecule has 0 saturated carbocycles. The minimum atomic E-state index is -3.60. The summed E-state index contributed by atoms with van der Waals surface area (Å²) in [5.74, 6) is 1.19. The minimum Gasteiger partial charge on any atom is -0.307 e. The van der Waals surface area contributed by atoms with Crippen molar-refractivity contribution in [2.24, 2.45) is 0 Å². The van der Waals surface area contributed by atoms with Crippen LogP contribution < -0.4 is 0 Å². The van der Waals surface area contributed by atoms with Crippen LogP contribution in [0.4, 0.5) is 0 Å². The van der Waals surface area contributed by atoms with Crippen molar-refractivity contribution in [2.75, 3.05) is 13.1 Å². The maximum Gasteiger partial charge on any atom is 0.243 e. The van der Waals surface area contributed by atoms with Crippen LogP contribution in [0.1, 0.15) is 25.1 Å². The van der Waals surface area contributed by atoms with E-state index in [0.29, 0.717) is 35.4 Å². The molecule has 0 atom stereocenters. The van der Waals surface area contributed by atoms with Gasteiger partial charge in [-0.25, -0.2) is 13.4 Å². The van der Waals surface area contributed by atoms with Crippen LogP contribution in [0.15, 0.2) is 89.2 Å². The van der Waals surface area contributed by atoms with Crippen molar-refractivity contribution >= 4 is 27.4 Å². The maximum absolute atomic E-state index is 13.2. The summed E-state index contributed by atoms with van der Waals surface area (Å²) in [5.41, 5.74) is 4.57. The quantitative estimate of drug-likeness (QED) is 0.242. The Bertz CT molecular complexity index is 1640. The van der Waals surface area contributed by atoms with E-state index in [1.807, 2.05) is 90.7 Å². The Morgan fingerprint density at radius 3 is 2.46 bits per heavy atom. The monoisotopic (exact) mass is 532 g/mol. The van der Waals surface area contributed by atoms with Gasteiger partial charge in [-0.05, 0) is 42.8 Å². The summed E-state index contributed by atoms with van der Waals surface area (Å²) < 4.78 is 31.8. The van der Waals surface area contributed by atoms with Gasteiger partial charge in [0.15, 0.2) is 11.0 Å². The molecule has 0 aliphatic carbocycles. The molecule has 0 aliphatic heterocycles. The van der Waals surface area contributed by atoms with E-state index in [1.54, 1.807) is 30.0 Å². The largest absolute Gasteiger partial charge is 0.307 e. The first-order valence-corrected chi connectivity index (χ1v) is 14.5. The number of pyridine rings is 1. The smallest absolute Gasteiger partial charge is 0.243 e. The van der Waals surface area contributed by atoms with Gasteiger partial charge in [-0.15, -0.1) is 10.2 Å². The molecule has 0 fully saturated rings. The molecule has 0 radical (unpaired) electrons. The third kappa shape index (κ3) is 4.92. The molecule has 8 nitrogen and oxygen atoms in total. The molecule has 0 N–H and O–H groups in total. The number of hydrogen-bond donors (Lipinski definition) is 0. The van der Waals surface area contributed by atoms with E-state index in [2.05, 4.69) is 10.2 Å². The number of imidazole rings is 1. The van der Waals surface area contributed by atoms with Gasteiger partial charge in [0.05, 0.1) is 10.6 Å². The van der Waals surface area contributed by atoms with Gasteiger partial charge in [-0.1, -0.05) is 62.0 Å². The summed E-state index contributed by atoms with van der Waals surface area (Å²) in [6.45, 7) is 6.54. The number of hydrogen-bond acceptors (Lipinski definition) is 6. The fraction of sp³-hybridized carbons (Fsp3) is 0.222. The molecular weight excluding hydrogens is 504 g/mol. The Kier molecular flexibility index (Phi) is 7.14. The lowest BCUT2D eigenvalue weighted by Gasteiger charge is -2.18. The van der Waals surface area contributed by atoms with Crippen molar-refractivity contribution in [1.29, 1.82) is 0 Å². The summed E-state index contributed by atoms with van der Waals surface area (Å²) in [6, 6.07) is 20.8. The Balaban J connectivity index is 1.53. The van der Waals surface area contributed by atoms with Crippen LogP contribution in [0, 0.1) is 6.92 Å². The zero-order chi connectivity index (χ0) is 26.0. The highest BCUT2D eigenvalue weighted by Crippen LogP contribution is 2.31. The Morgan fingerprint density at radius 2 is 1.73 bits per heavy atom. The van der Waals surface area contributed by atoms with E-state index < -0.39 is 10.0 Å². The number of nitrogens with zero attached hydrogens (tertiary/aromatic N) is 6. The third-order valence-corrected chi connectivity index (χ3v) is 9.17. The number of thioether (sulfide) groups is 1. The van der Waals surface area contributed by atoms with Crippen LogP contribution >= 0.6 is 11.8 Å². The normalized spacial score (nSPS) is 12.0. The van der Waals surface area contributed by atoms with Crippen LogP contribution in [0.2, 0.25) is 0 Å². The number of rotatable bonds is 9. The van der Waals surface area contributed by atoms with Crippen LogP contribution in [0.25, 0.3) is 22.7 Å². The molecule has 5 aromatic rings. The van der Waals surface area contributed by atoms with E-state index in [0.717, 1.165) is 22.6 Å². The van der Waals surface area contributed by atoms with Crippen LogP contribution in [-0.2, 0) is 15.8 Å². The zero-order valence-corrected chi connectivity index (χ0v) is 22.6. The lowest BCUT2D eigenvalue weighted by Crippen LogP contribution is -2.30. The first-order valence-electron chi connectivity index (χ1n) is 12.1. The molecule has 10 heteroatoms. The summed E-state index contributed by atoms with van der Waals surface area (Å²) in [7, 11) is -3.60. The molecule has 37 heavy (non-hydrogen) atoms. The van der Waals surface area contributed by atoms with Gasteiger partial charge < -0.3 is 4.40 Å². The van der Waals surface area contributed by atoms with Gasteiger partial charge in [0, 0.05) is 42.5 Å². The maximum atomic E-state index is 13.2. The topological polar surface area (TPSA) is 85.4 Å². The molecule has 3 aromatic heterocycles. The molecule has 0 amide bonds. The summed E-state index contributed by atoms with van der Waals surface area (Å²) in [5, 5.41) is 9.70. The third-order valence-electron chi connectivity index (χ3n) is 6.16. The Morgan fingerprint density at radius 1 is 0.946 bits per heavy atom. The fourth-order valence-corrected chi connectivity index (χ4v) is 6.62. The lowest BCUT2D eigenvalue weighted by atomic mass is 10.2. The van der Waals surface area contributed by atoms with E-state index >= 15 is 0 Å². The summed E-state index contributed by atoms with van der Waals surface area (Å²) >= 11 is 1.54. The standard InChI is InChI=1S/C27H28N6O2S2/c1-4-32(5-2)37(34,35)24-15-9-12-21(17-24)26-29-30-27(33(26)23-13-7-6-8-14-23)36-19-22-18-31-16-10-11-20(3)25(31)28-22/h6-18H,4-5,19H2,1-3H3. The second kappa shape index (κ2) is 10.5. The molecule has 3 heterocycles. The average molecular weight is 533 g/mol. The second-order valence-corrected chi connectivity index (χ2v) is 11.4. The minimum absolute atomic E-state index is 0.241. The molecular formula is C27H28N6O2S2. The summed E-state index contributed by atoms with van der Waals surface area (Å²) in [6.07, 6.45) is 4.02. The molecule has 0 spiro atoms. The van der Waals surface area contributed by atoms with Crippen molar-refractivity contribution < 1.29 is 8.42 Å². The number of sulfonamides is 1. The number of benzene rings is 2. The molecule has 0 aliphatic rings. The first-order chi connectivity index (χ1) is 17.9. The molecule has 0 saturated heterocycles. The lowest BCUT2D eigenvalue weighted by molar-refractivity contribution is 0.445. The van der Waals surface area contributed by atoms with E-state index in [-0.39, 0.29) is 4.90 Å². The Hall–Kier alpha value is -3.47. The number of para-hydroxylation sites is 1.